The van der Waals surface area contributed by atoms with Crippen molar-refractivity contribution in [2.45, 2.75) is 12.3 Å². The van der Waals surface area contributed by atoms with Crippen LogP contribution < -0.4 is 14.9 Å². The molecule has 0 saturated heterocycles. The maximum absolute atomic E-state index is 13.4. The maximum Gasteiger partial charge on any atom is 0.312 e. The van der Waals surface area contributed by atoms with Crippen molar-refractivity contribution in [3.63, 3.8) is 0 Å². The molecule has 2 aliphatic heterocycles. The molecule has 0 spiro atoms. The van der Waals surface area contributed by atoms with Gasteiger partial charge in [0, 0.05) is 28.1 Å². The van der Waals surface area contributed by atoms with E-state index >= 15 is 0 Å². The topological polar surface area (TPSA) is 86.0 Å². The van der Waals surface area contributed by atoms with E-state index in [9.17, 15) is 14.7 Å². The van der Waals surface area contributed by atoms with Crippen LogP contribution in [0.2, 0.25) is 5.02 Å². The quantitative estimate of drug-likeness (QED) is 0.298. The van der Waals surface area contributed by atoms with E-state index in [4.69, 9.17) is 25.5 Å². The molecule has 6 rings (SSSR count). The van der Waals surface area contributed by atoms with Crippen LogP contribution in [0.15, 0.2) is 75.6 Å². The molecule has 0 unspecified atom stereocenters. The Morgan fingerprint density at radius 3 is 2.62 bits per heavy atom. The molecule has 0 fully saturated rings. The summed E-state index contributed by atoms with van der Waals surface area (Å²) in [5, 5.41) is 11.3. The van der Waals surface area contributed by atoms with E-state index in [1.165, 1.54) is 12.3 Å². The molecule has 3 aromatic carbocycles. The van der Waals surface area contributed by atoms with E-state index < -0.39 is 17.3 Å². The Hall–Kier alpha value is -4.03. The zero-order chi connectivity index (χ0) is 23.4. The smallest absolute Gasteiger partial charge is 0.312 e. The Bertz CT molecular complexity index is 1570. The first-order valence-corrected chi connectivity index (χ1v) is 11.1. The molecule has 34 heavy (non-hydrogen) atoms. The molecule has 0 saturated carbocycles. The number of aromatic hydroxyl groups is 1. The van der Waals surface area contributed by atoms with Crippen molar-refractivity contribution in [3.8, 4) is 28.4 Å². The molecule has 4 aromatic rings. The van der Waals surface area contributed by atoms with Gasteiger partial charge in [0.1, 0.15) is 41.1 Å². The van der Waals surface area contributed by atoms with E-state index in [1.54, 1.807) is 24.3 Å². The first kappa shape index (κ1) is 20.6. The van der Waals surface area contributed by atoms with Crippen LogP contribution in [-0.4, -0.2) is 17.7 Å². The highest BCUT2D eigenvalue weighted by Crippen LogP contribution is 2.47. The number of phenols is 1. The lowest BCUT2D eigenvalue weighted by Crippen LogP contribution is -2.25. The van der Waals surface area contributed by atoms with Crippen LogP contribution in [0.1, 0.15) is 23.5 Å². The molecule has 6 nitrogen and oxygen atoms in total. The van der Waals surface area contributed by atoms with Crippen molar-refractivity contribution in [2.24, 2.45) is 0 Å². The van der Waals surface area contributed by atoms with E-state index in [2.05, 4.69) is 0 Å². The van der Waals surface area contributed by atoms with E-state index in [-0.39, 0.29) is 41.1 Å². The number of ether oxygens (including phenoxy) is 2. The molecule has 1 N–H and O–H groups in total. The van der Waals surface area contributed by atoms with Gasteiger partial charge in [-0.15, -0.1) is 0 Å². The van der Waals surface area contributed by atoms with Gasteiger partial charge in [0.05, 0.1) is 12.0 Å². The number of benzene rings is 3. The zero-order valence-electron chi connectivity index (χ0n) is 17.7. The normalized spacial score (nSPS) is 16.8. The average Bonchev–Trinajstić information content (AvgIpc) is 2.84. The number of halogens is 1. The van der Waals surface area contributed by atoms with Crippen molar-refractivity contribution in [1.29, 1.82) is 0 Å². The summed E-state index contributed by atoms with van der Waals surface area (Å²) in [5.74, 6) is -0.243. The number of para-hydroxylation sites is 1. The van der Waals surface area contributed by atoms with Crippen molar-refractivity contribution in [2.75, 3.05) is 6.61 Å². The Labute approximate surface area is 198 Å². The molecular weight excluding hydrogens is 456 g/mol. The van der Waals surface area contributed by atoms with Gasteiger partial charge in [0.2, 0.25) is 5.43 Å². The lowest BCUT2D eigenvalue weighted by Gasteiger charge is -2.29. The van der Waals surface area contributed by atoms with E-state index in [0.717, 1.165) is 16.9 Å². The van der Waals surface area contributed by atoms with Gasteiger partial charge in [-0.25, -0.2) is 0 Å². The molecule has 0 aliphatic carbocycles. The minimum Gasteiger partial charge on any atom is -0.507 e. The fourth-order valence-corrected chi connectivity index (χ4v) is 4.74. The number of carbonyl (C=O) groups is 1. The monoisotopic (exact) mass is 472 g/mol. The largest absolute Gasteiger partial charge is 0.507 e. The Balaban J connectivity index is 1.56. The summed E-state index contributed by atoms with van der Waals surface area (Å²) in [7, 11) is 0. The predicted molar refractivity (Wildman–Crippen MR) is 128 cm³/mol. The van der Waals surface area contributed by atoms with Crippen LogP contribution in [0.5, 0.6) is 17.2 Å². The van der Waals surface area contributed by atoms with E-state index in [1.807, 2.05) is 30.3 Å². The minimum atomic E-state index is -0.434. The number of fused-ring (bicyclic) bond motifs is 4. The molecule has 1 atom stereocenters. The summed E-state index contributed by atoms with van der Waals surface area (Å²) in [5.41, 5.74) is 3.00. The van der Waals surface area contributed by atoms with Gasteiger partial charge in [0.25, 0.3) is 0 Å². The summed E-state index contributed by atoms with van der Waals surface area (Å²) >= 11 is 5.97. The standard InChI is InChI=1S/C27H17ClO6/c28-17-7-5-14(6-8-17)19-13-33-27-24-18(16-9-15-3-1-2-4-21(15)32-12-16)10-23(30)34-22(24)11-20(29)25(27)26(19)31/h1-9,11,13,18,29H,10,12H2/t18-/m0/s1. The van der Waals surface area contributed by atoms with Gasteiger partial charge >= 0.3 is 5.97 Å². The number of rotatable bonds is 2. The molecule has 0 bridgehead atoms. The summed E-state index contributed by atoms with van der Waals surface area (Å²) < 4.78 is 17.3. The first-order chi connectivity index (χ1) is 16.5. The van der Waals surface area contributed by atoms with Gasteiger partial charge in [-0.05, 0) is 35.4 Å². The van der Waals surface area contributed by atoms with Crippen LogP contribution >= 0.6 is 11.6 Å². The number of hydrogen-bond acceptors (Lipinski definition) is 6. The number of esters is 1. The minimum absolute atomic E-state index is 0.0341. The third-order valence-electron chi connectivity index (χ3n) is 6.23. The summed E-state index contributed by atoms with van der Waals surface area (Å²) in [6, 6.07) is 15.7. The highest BCUT2D eigenvalue weighted by molar-refractivity contribution is 6.30. The molecule has 1 aromatic heterocycles. The molecular formula is C27H17ClO6. The van der Waals surface area contributed by atoms with Crippen LogP contribution in [0, 0.1) is 0 Å². The maximum atomic E-state index is 13.4. The van der Waals surface area contributed by atoms with Gasteiger partial charge in [0.15, 0.2) is 0 Å². The lowest BCUT2D eigenvalue weighted by molar-refractivity contribution is -0.135. The average molecular weight is 473 g/mol. The summed E-state index contributed by atoms with van der Waals surface area (Å²) in [6.45, 7) is 0.282. The van der Waals surface area contributed by atoms with E-state index in [0.29, 0.717) is 16.1 Å². The predicted octanol–water partition coefficient (Wildman–Crippen LogP) is 5.69. The molecule has 2 aliphatic rings. The van der Waals surface area contributed by atoms with Gasteiger partial charge in [-0.3, -0.25) is 9.59 Å². The van der Waals surface area contributed by atoms with Gasteiger partial charge in [-0.2, -0.15) is 0 Å². The van der Waals surface area contributed by atoms with Crippen LogP contribution in [-0.2, 0) is 4.79 Å². The first-order valence-electron chi connectivity index (χ1n) is 10.7. The summed E-state index contributed by atoms with van der Waals surface area (Å²) in [6.07, 6.45) is 3.42. The molecule has 3 heterocycles. The third-order valence-corrected chi connectivity index (χ3v) is 6.48. The number of carbonyl (C=O) groups excluding carboxylic acids is 1. The zero-order valence-corrected chi connectivity index (χ0v) is 18.5. The fourth-order valence-electron chi connectivity index (χ4n) is 4.61. The lowest BCUT2D eigenvalue weighted by atomic mass is 9.83. The Morgan fingerprint density at radius 2 is 1.79 bits per heavy atom. The third kappa shape index (κ3) is 3.26. The highest BCUT2D eigenvalue weighted by atomic mass is 35.5. The van der Waals surface area contributed by atoms with Crippen LogP contribution in [0.3, 0.4) is 0 Å². The SMILES string of the molecule is O=C1C[C@@H](C2=Cc3ccccc3OC2)c2c(cc(O)c3c(=O)c(-c4ccc(Cl)cc4)coc23)O1. The van der Waals surface area contributed by atoms with Crippen LogP contribution in [0.4, 0.5) is 0 Å². The molecule has 0 amide bonds. The van der Waals surface area contributed by atoms with Gasteiger partial charge in [-0.1, -0.05) is 41.9 Å². The van der Waals surface area contributed by atoms with Crippen LogP contribution in [0.25, 0.3) is 28.2 Å². The molecule has 168 valence electrons. The van der Waals surface area contributed by atoms with Crippen molar-refractivity contribution < 1.29 is 23.8 Å². The Morgan fingerprint density at radius 1 is 1.00 bits per heavy atom. The Kier molecular flexibility index (Phi) is 4.71. The van der Waals surface area contributed by atoms with Crippen molar-refractivity contribution >= 4 is 34.6 Å². The second-order valence-electron chi connectivity index (χ2n) is 8.27. The second kappa shape index (κ2) is 7.78. The number of hydrogen-bond donors (Lipinski definition) is 1. The molecule has 7 heteroatoms. The van der Waals surface area contributed by atoms with Gasteiger partial charge < -0.3 is 19.0 Å². The highest BCUT2D eigenvalue weighted by Gasteiger charge is 2.35. The summed E-state index contributed by atoms with van der Waals surface area (Å²) in [4.78, 5) is 25.9. The molecule has 0 radical (unpaired) electrons. The fraction of sp³-hybridized carbons (Fsp3) is 0.111. The van der Waals surface area contributed by atoms with Crippen molar-refractivity contribution in [3.05, 3.63) is 92.8 Å². The second-order valence-corrected chi connectivity index (χ2v) is 8.71. The van der Waals surface area contributed by atoms with Crippen molar-refractivity contribution in [1.82, 2.24) is 0 Å². The number of phenolic OH excluding ortho intramolecular Hbond substituents is 1.